The molecule has 0 aliphatic carbocycles. The van der Waals surface area contributed by atoms with Gasteiger partial charge in [-0.3, -0.25) is 0 Å². The van der Waals surface area contributed by atoms with Gasteiger partial charge in [-0.05, 0) is 26.6 Å². The van der Waals surface area contributed by atoms with E-state index in [2.05, 4.69) is 26.2 Å². The Kier molecular flexibility index (Phi) is 4.10. The molecule has 0 rings (SSSR count). The first-order valence-electron chi connectivity index (χ1n) is 3.95. The normalized spacial score (nSPS) is 12.6. The summed E-state index contributed by atoms with van der Waals surface area (Å²) in [5, 5.41) is 0. The SMILES string of the molecule is C=C(/C=C(/C)OC)O[Si](C)(C)C. The standard InChI is InChI=1S/C9H18O2Si/c1-8(10-3)7-9(2)11-12(4,5)6/h7H,2H2,1,3-6H3/b8-7-. The summed E-state index contributed by atoms with van der Waals surface area (Å²) in [5.74, 6) is 1.51. The largest absolute Gasteiger partial charge is 0.545 e. The van der Waals surface area contributed by atoms with Crippen LogP contribution in [0.5, 0.6) is 0 Å². The quantitative estimate of drug-likeness (QED) is 0.382. The highest BCUT2D eigenvalue weighted by Crippen LogP contribution is 2.11. The highest BCUT2D eigenvalue weighted by atomic mass is 28.4. The van der Waals surface area contributed by atoms with Gasteiger partial charge in [-0.1, -0.05) is 6.58 Å². The molecule has 0 fully saturated rings. The van der Waals surface area contributed by atoms with Gasteiger partial charge in [0.2, 0.25) is 8.32 Å². The molecule has 3 heteroatoms. The first-order chi connectivity index (χ1) is 5.35. The molecule has 0 bridgehead atoms. The molecule has 0 aromatic carbocycles. The second-order valence-electron chi connectivity index (χ2n) is 3.64. The molecular weight excluding hydrogens is 168 g/mol. The predicted molar refractivity (Wildman–Crippen MR) is 54.3 cm³/mol. The molecule has 0 heterocycles. The number of ether oxygens (including phenoxy) is 1. The van der Waals surface area contributed by atoms with E-state index >= 15 is 0 Å². The first-order valence-corrected chi connectivity index (χ1v) is 7.36. The van der Waals surface area contributed by atoms with Gasteiger partial charge in [-0.2, -0.15) is 0 Å². The molecule has 0 radical (unpaired) electrons. The highest BCUT2D eigenvalue weighted by molar-refractivity contribution is 6.70. The second kappa shape index (κ2) is 4.35. The van der Waals surface area contributed by atoms with Gasteiger partial charge in [-0.15, -0.1) is 0 Å². The molecule has 0 atom stereocenters. The summed E-state index contributed by atoms with van der Waals surface area (Å²) in [7, 11) is 0.133. The molecule has 12 heavy (non-hydrogen) atoms. The van der Waals surface area contributed by atoms with E-state index in [9.17, 15) is 0 Å². The maximum Gasteiger partial charge on any atom is 0.242 e. The molecule has 0 unspecified atom stereocenters. The van der Waals surface area contributed by atoms with Crippen LogP contribution >= 0.6 is 0 Å². The molecule has 0 aromatic heterocycles. The molecule has 0 N–H and O–H groups in total. The van der Waals surface area contributed by atoms with Crippen molar-refractivity contribution in [2.45, 2.75) is 26.6 Å². The molecule has 0 amide bonds. The Morgan fingerprint density at radius 2 is 1.83 bits per heavy atom. The predicted octanol–water partition coefficient (Wildman–Crippen LogP) is 2.90. The number of methoxy groups -OCH3 is 1. The minimum Gasteiger partial charge on any atom is -0.545 e. The average molecular weight is 186 g/mol. The van der Waals surface area contributed by atoms with Crippen LogP contribution in [0.25, 0.3) is 0 Å². The minimum absolute atomic E-state index is 0.688. The molecule has 0 aromatic rings. The van der Waals surface area contributed by atoms with Crippen molar-refractivity contribution >= 4 is 8.32 Å². The lowest BCUT2D eigenvalue weighted by molar-refractivity contribution is 0.290. The van der Waals surface area contributed by atoms with Crippen LogP contribution < -0.4 is 0 Å². The lowest BCUT2D eigenvalue weighted by Gasteiger charge is -2.19. The Morgan fingerprint density at radius 1 is 1.33 bits per heavy atom. The Labute approximate surface area is 76.0 Å². The van der Waals surface area contributed by atoms with Gasteiger partial charge >= 0.3 is 0 Å². The van der Waals surface area contributed by atoms with E-state index in [1.165, 1.54) is 0 Å². The van der Waals surface area contributed by atoms with Crippen LogP contribution in [0.4, 0.5) is 0 Å². The van der Waals surface area contributed by atoms with Crippen LogP contribution in [0.2, 0.25) is 19.6 Å². The van der Waals surface area contributed by atoms with Gasteiger partial charge < -0.3 is 9.16 Å². The van der Waals surface area contributed by atoms with Gasteiger partial charge in [-0.25, -0.2) is 0 Å². The zero-order valence-corrected chi connectivity index (χ0v) is 9.60. The van der Waals surface area contributed by atoms with Crippen molar-refractivity contribution in [3.8, 4) is 0 Å². The van der Waals surface area contributed by atoms with E-state index in [1.807, 2.05) is 6.92 Å². The second-order valence-corrected chi connectivity index (χ2v) is 8.07. The first kappa shape index (κ1) is 11.3. The number of rotatable bonds is 4. The van der Waals surface area contributed by atoms with Crippen molar-refractivity contribution in [1.82, 2.24) is 0 Å². The summed E-state index contributed by atoms with van der Waals surface area (Å²) in [6, 6.07) is 0. The summed E-state index contributed by atoms with van der Waals surface area (Å²) < 4.78 is 10.6. The van der Waals surface area contributed by atoms with Gasteiger partial charge in [0.1, 0.15) is 0 Å². The fourth-order valence-electron chi connectivity index (χ4n) is 0.708. The van der Waals surface area contributed by atoms with Crippen molar-refractivity contribution in [3.05, 3.63) is 24.2 Å². The van der Waals surface area contributed by atoms with Crippen molar-refractivity contribution in [1.29, 1.82) is 0 Å². The van der Waals surface area contributed by atoms with Gasteiger partial charge in [0.25, 0.3) is 0 Å². The Balaban J connectivity index is 4.08. The van der Waals surface area contributed by atoms with Gasteiger partial charge in [0, 0.05) is 6.08 Å². The molecule has 70 valence electrons. The molecule has 2 nitrogen and oxygen atoms in total. The third-order valence-electron chi connectivity index (χ3n) is 1.12. The molecule has 0 spiro atoms. The van der Waals surface area contributed by atoms with Crippen molar-refractivity contribution in [3.63, 3.8) is 0 Å². The van der Waals surface area contributed by atoms with Crippen LogP contribution in [-0.2, 0) is 9.16 Å². The number of hydrogen-bond donors (Lipinski definition) is 0. The third-order valence-corrected chi connectivity index (χ3v) is 2.00. The fraction of sp³-hybridized carbons (Fsp3) is 0.556. The summed E-state index contributed by atoms with van der Waals surface area (Å²) in [6.07, 6.45) is 1.80. The van der Waals surface area contributed by atoms with E-state index in [0.717, 1.165) is 5.76 Å². The van der Waals surface area contributed by atoms with E-state index in [-0.39, 0.29) is 0 Å². The van der Waals surface area contributed by atoms with Crippen LogP contribution in [0.3, 0.4) is 0 Å². The smallest absolute Gasteiger partial charge is 0.242 e. The van der Waals surface area contributed by atoms with Crippen LogP contribution in [0.1, 0.15) is 6.92 Å². The highest BCUT2D eigenvalue weighted by Gasteiger charge is 2.15. The van der Waals surface area contributed by atoms with Crippen LogP contribution in [-0.4, -0.2) is 15.4 Å². The van der Waals surface area contributed by atoms with Gasteiger partial charge in [0.15, 0.2) is 0 Å². The molecule has 0 aliphatic rings. The minimum atomic E-state index is -1.50. The third kappa shape index (κ3) is 6.04. The summed E-state index contributed by atoms with van der Waals surface area (Å²) in [6.45, 7) is 12.0. The molecule has 0 saturated heterocycles. The maximum absolute atomic E-state index is 5.60. The molecule has 0 saturated carbocycles. The summed E-state index contributed by atoms with van der Waals surface area (Å²) in [4.78, 5) is 0. The maximum atomic E-state index is 5.60. The zero-order valence-electron chi connectivity index (χ0n) is 8.60. The van der Waals surface area contributed by atoms with Crippen molar-refractivity contribution in [2.75, 3.05) is 7.11 Å². The Hall–Kier alpha value is -0.703. The van der Waals surface area contributed by atoms with Crippen LogP contribution in [0, 0.1) is 0 Å². The Morgan fingerprint density at radius 3 is 2.17 bits per heavy atom. The topological polar surface area (TPSA) is 18.5 Å². The monoisotopic (exact) mass is 186 g/mol. The molecular formula is C9H18O2Si. The lowest BCUT2D eigenvalue weighted by Crippen LogP contribution is -2.24. The van der Waals surface area contributed by atoms with E-state index in [1.54, 1.807) is 13.2 Å². The lowest BCUT2D eigenvalue weighted by atomic mass is 10.4. The Bertz CT molecular complexity index is 189. The summed E-state index contributed by atoms with van der Waals surface area (Å²) >= 11 is 0. The number of allylic oxidation sites excluding steroid dienone is 2. The van der Waals surface area contributed by atoms with E-state index in [4.69, 9.17) is 9.16 Å². The fourth-order valence-corrected chi connectivity index (χ4v) is 1.55. The van der Waals surface area contributed by atoms with Crippen LogP contribution in [0.15, 0.2) is 24.2 Å². The average Bonchev–Trinajstić information content (AvgIpc) is 1.82. The summed E-state index contributed by atoms with van der Waals surface area (Å²) in [5.41, 5.74) is 0. The zero-order chi connectivity index (χ0) is 9.78. The van der Waals surface area contributed by atoms with Crippen molar-refractivity contribution < 1.29 is 9.16 Å². The number of hydrogen-bond acceptors (Lipinski definition) is 2. The van der Waals surface area contributed by atoms with Gasteiger partial charge in [0.05, 0.1) is 18.6 Å². The molecule has 0 aliphatic heterocycles. The van der Waals surface area contributed by atoms with E-state index in [0.29, 0.717) is 5.76 Å². The van der Waals surface area contributed by atoms with E-state index < -0.39 is 8.32 Å². The van der Waals surface area contributed by atoms with Crippen molar-refractivity contribution in [2.24, 2.45) is 0 Å².